The lowest BCUT2D eigenvalue weighted by Gasteiger charge is -1.73. The standard InChI is InChI=1S/2C2H4O3/c2*1-3-2-5-4-1/h2*1-2H2. The van der Waals surface area contributed by atoms with Gasteiger partial charge in [-0.3, -0.25) is 0 Å². The van der Waals surface area contributed by atoms with Crippen LogP contribution in [-0.2, 0) is 29.0 Å². The van der Waals surface area contributed by atoms with E-state index in [1.54, 1.807) is 0 Å². The predicted octanol–water partition coefficient (Wildman–Crippen LogP) is -0.240. The summed E-state index contributed by atoms with van der Waals surface area (Å²) in [7, 11) is 0. The van der Waals surface area contributed by atoms with Gasteiger partial charge in [-0.05, 0) is 0 Å². The monoisotopic (exact) mass is 152 g/mol. The number of hydrogen-bond acceptors (Lipinski definition) is 6. The fraction of sp³-hybridized carbons (Fsp3) is 1.00. The van der Waals surface area contributed by atoms with Crippen molar-refractivity contribution < 1.29 is 29.0 Å². The fourth-order valence-corrected chi connectivity index (χ4v) is 0.340. The third kappa shape index (κ3) is 3.72. The Kier molecular flexibility index (Phi) is 4.35. The topological polar surface area (TPSA) is 55.4 Å². The lowest BCUT2D eigenvalue weighted by molar-refractivity contribution is -0.248. The molecule has 0 amide bonds. The van der Waals surface area contributed by atoms with Crippen LogP contribution in [0.2, 0.25) is 0 Å². The van der Waals surface area contributed by atoms with Gasteiger partial charge >= 0.3 is 0 Å². The van der Waals surface area contributed by atoms with E-state index in [0.717, 1.165) is 0 Å². The van der Waals surface area contributed by atoms with E-state index in [1.807, 2.05) is 0 Å². The van der Waals surface area contributed by atoms with E-state index < -0.39 is 0 Å². The number of rotatable bonds is 0. The minimum absolute atomic E-state index is 0.278. The summed E-state index contributed by atoms with van der Waals surface area (Å²) in [6, 6.07) is 0. The van der Waals surface area contributed by atoms with Crippen molar-refractivity contribution in [1.82, 2.24) is 0 Å². The summed E-state index contributed by atoms with van der Waals surface area (Å²) < 4.78 is 9.00. The van der Waals surface area contributed by atoms with Gasteiger partial charge in [0.25, 0.3) is 0 Å². The first-order chi connectivity index (χ1) is 5.00. The molecule has 60 valence electrons. The maximum absolute atomic E-state index is 4.50. The molecule has 0 atom stereocenters. The van der Waals surface area contributed by atoms with E-state index in [1.165, 1.54) is 0 Å². The van der Waals surface area contributed by atoms with Crippen molar-refractivity contribution >= 4 is 0 Å². The Morgan fingerprint density at radius 3 is 0.900 bits per heavy atom. The van der Waals surface area contributed by atoms with E-state index in [9.17, 15) is 0 Å². The van der Waals surface area contributed by atoms with Gasteiger partial charge in [-0.25, -0.2) is 19.6 Å². The molecule has 0 radical (unpaired) electrons. The van der Waals surface area contributed by atoms with Gasteiger partial charge in [0.05, 0.1) is 0 Å². The van der Waals surface area contributed by atoms with Crippen LogP contribution in [0.25, 0.3) is 0 Å². The van der Waals surface area contributed by atoms with Crippen LogP contribution in [0.4, 0.5) is 0 Å². The van der Waals surface area contributed by atoms with Gasteiger partial charge in [0.15, 0.2) is 27.2 Å². The third-order valence-electron chi connectivity index (χ3n) is 0.692. The second-order valence-corrected chi connectivity index (χ2v) is 1.35. The van der Waals surface area contributed by atoms with E-state index in [2.05, 4.69) is 29.0 Å². The van der Waals surface area contributed by atoms with Gasteiger partial charge in [-0.15, -0.1) is 0 Å². The molecule has 0 spiro atoms. The molecule has 0 aromatic rings. The SMILES string of the molecule is C1OCOO1.C1OCOO1. The van der Waals surface area contributed by atoms with E-state index in [-0.39, 0.29) is 27.2 Å². The van der Waals surface area contributed by atoms with Crippen LogP contribution in [0.3, 0.4) is 0 Å². The van der Waals surface area contributed by atoms with Crippen LogP contribution >= 0.6 is 0 Å². The molecule has 0 saturated carbocycles. The number of hydrogen-bond donors (Lipinski definition) is 0. The molecule has 2 heterocycles. The van der Waals surface area contributed by atoms with Gasteiger partial charge in [0, 0.05) is 0 Å². The first-order valence-electron chi connectivity index (χ1n) is 2.64. The van der Waals surface area contributed by atoms with Crippen LogP contribution < -0.4 is 0 Å². The zero-order chi connectivity index (χ0) is 7.07. The van der Waals surface area contributed by atoms with E-state index >= 15 is 0 Å². The first kappa shape index (κ1) is 7.86. The summed E-state index contributed by atoms with van der Waals surface area (Å²) in [5, 5.41) is 0. The zero-order valence-corrected chi connectivity index (χ0v) is 5.28. The van der Waals surface area contributed by atoms with Crippen molar-refractivity contribution in [1.29, 1.82) is 0 Å². The van der Waals surface area contributed by atoms with Gasteiger partial charge in [-0.2, -0.15) is 0 Å². The zero-order valence-electron chi connectivity index (χ0n) is 5.28. The summed E-state index contributed by atoms with van der Waals surface area (Å²) in [4.78, 5) is 16.9. The van der Waals surface area contributed by atoms with Crippen LogP contribution in [0.1, 0.15) is 0 Å². The van der Waals surface area contributed by atoms with Crippen molar-refractivity contribution in [2.75, 3.05) is 27.2 Å². The van der Waals surface area contributed by atoms with Crippen LogP contribution in [-0.4, -0.2) is 27.2 Å². The Bertz CT molecular complexity index is 42.9. The maximum Gasteiger partial charge on any atom is 0.183 e. The summed E-state index contributed by atoms with van der Waals surface area (Å²) in [5.41, 5.74) is 0. The van der Waals surface area contributed by atoms with Gasteiger partial charge < -0.3 is 9.47 Å². The minimum atomic E-state index is 0.278. The van der Waals surface area contributed by atoms with Crippen molar-refractivity contribution in [3.63, 3.8) is 0 Å². The molecular formula is C4H8O6. The molecule has 0 bridgehead atoms. The molecule has 2 saturated heterocycles. The first-order valence-corrected chi connectivity index (χ1v) is 2.64. The van der Waals surface area contributed by atoms with Gasteiger partial charge in [0.1, 0.15) is 0 Å². The maximum atomic E-state index is 4.50. The summed E-state index contributed by atoms with van der Waals surface area (Å²) >= 11 is 0. The number of ether oxygens (including phenoxy) is 2. The Hall–Kier alpha value is -0.240. The molecule has 0 aliphatic carbocycles. The lowest BCUT2D eigenvalue weighted by atomic mass is 11.4. The molecule has 6 heteroatoms. The highest BCUT2D eigenvalue weighted by Crippen LogP contribution is 1.89. The molecule has 2 aliphatic rings. The molecule has 0 aromatic carbocycles. The normalized spacial score (nSPS) is 24.0. The average Bonchev–Trinajstić information content (AvgIpc) is 2.67. The predicted molar refractivity (Wildman–Crippen MR) is 26.0 cm³/mol. The molecule has 0 aromatic heterocycles. The minimum Gasteiger partial charge on any atom is -0.323 e. The fourth-order valence-electron chi connectivity index (χ4n) is 0.340. The Labute approximate surface area is 57.4 Å². The highest BCUT2D eigenvalue weighted by atomic mass is 17.3. The van der Waals surface area contributed by atoms with Crippen molar-refractivity contribution in [3.05, 3.63) is 0 Å². The summed E-state index contributed by atoms with van der Waals surface area (Å²) in [6.45, 7) is 1.11. The van der Waals surface area contributed by atoms with Gasteiger partial charge in [-0.1, -0.05) is 0 Å². The quantitative estimate of drug-likeness (QED) is 0.446. The van der Waals surface area contributed by atoms with Crippen LogP contribution in [0.15, 0.2) is 0 Å². The molecule has 2 fully saturated rings. The van der Waals surface area contributed by atoms with Crippen molar-refractivity contribution in [2.45, 2.75) is 0 Å². The van der Waals surface area contributed by atoms with Crippen molar-refractivity contribution in [2.24, 2.45) is 0 Å². The molecule has 6 nitrogen and oxygen atoms in total. The largest absolute Gasteiger partial charge is 0.323 e. The second kappa shape index (κ2) is 5.54. The molecule has 10 heavy (non-hydrogen) atoms. The van der Waals surface area contributed by atoms with Crippen LogP contribution in [0, 0.1) is 0 Å². The smallest absolute Gasteiger partial charge is 0.183 e. The molecule has 2 rings (SSSR count). The summed E-state index contributed by atoms with van der Waals surface area (Å²) in [5.74, 6) is 0. The lowest BCUT2D eigenvalue weighted by Crippen LogP contribution is -1.76. The molecule has 0 N–H and O–H groups in total. The Balaban J connectivity index is 0.0000001000. The average molecular weight is 152 g/mol. The van der Waals surface area contributed by atoms with E-state index in [4.69, 9.17) is 0 Å². The Morgan fingerprint density at radius 2 is 0.800 bits per heavy atom. The third-order valence-corrected chi connectivity index (χ3v) is 0.692. The highest BCUT2D eigenvalue weighted by Gasteiger charge is 1.95. The Morgan fingerprint density at radius 1 is 0.500 bits per heavy atom. The molecule has 2 aliphatic heterocycles. The molecular weight excluding hydrogens is 144 g/mol. The van der Waals surface area contributed by atoms with Crippen LogP contribution in [0.5, 0.6) is 0 Å². The van der Waals surface area contributed by atoms with E-state index in [0.29, 0.717) is 0 Å². The molecule has 0 unspecified atom stereocenters. The summed E-state index contributed by atoms with van der Waals surface area (Å²) in [6.07, 6.45) is 0. The second-order valence-electron chi connectivity index (χ2n) is 1.35. The van der Waals surface area contributed by atoms with Crippen molar-refractivity contribution in [3.8, 4) is 0 Å². The highest BCUT2D eigenvalue weighted by molar-refractivity contribution is 3.98. The van der Waals surface area contributed by atoms with Gasteiger partial charge in [0.2, 0.25) is 0 Å².